The fourth-order valence-electron chi connectivity index (χ4n) is 2.44. The Hall–Kier alpha value is -0.580. The molecule has 1 saturated heterocycles. The Kier molecular flexibility index (Phi) is 5.87. The smallest absolute Gasteiger partial charge is 0.154 e. The lowest BCUT2D eigenvalue weighted by atomic mass is 10.1. The summed E-state index contributed by atoms with van der Waals surface area (Å²) in [5.74, 6) is 0.369. The summed E-state index contributed by atoms with van der Waals surface area (Å²) in [6.07, 6.45) is 5.26. The van der Waals surface area contributed by atoms with Gasteiger partial charge in [0.2, 0.25) is 0 Å². The minimum absolute atomic E-state index is 0.109. The molecule has 0 spiro atoms. The minimum atomic E-state index is -3.03. The molecular formula is C15H21ClNO2S. The summed E-state index contributed by atoms with van der Waals surface area (Å²) in [5.41, 5.74) is 0.807. The van der Waals surface area contributed by atoms with Gasteiger partial charge in [-0.1, -0.05) is 23.7 Å². The van der Waals surface area contributed by atoms with Gasteiger partial charge >= 0.3 is 0 Å². The summed E-state index contributed by atoms with van der Waals surface area (Å²) >= 11 is 5.80. The SMILES string of the molecule is O=S(=O)(CCCN1CC[CH]CC1)Cc1ccc(Cl)cc1. The van der Waals surface area contributed by atoms with Crippen LogP contribution in [0.4, 0.5) is 0 Å². The fourth-order valence-corrected chi connectivity index (χ4v) is 3.98. The summed E-state index contributed by atoms with van der Waals surface area (Å²) in [6, 6.07) is 7.02. The molecule has 5 heteroatoms. The second-order valence-corrected chi connectivity index (χ2v) is 7.90. The lowest BCUT2D eigenvalue weighted by molar-refractivity contribution is 0.255. The molecule has 1 radical (unpaired) electrons. The zero-order chi connectivity index (χ0) is 14.4. The van der Waals surface area contributed by atoms with Crippen LogP contribution in [0.5, 0.6) is 0 Å². The van der Waals surface area contributed by atoms with E-state index in [-0.39, 0.29) is 11.5 Å². The number of hydrogen-bond donors (Lipinski definition) is 0. The van der Waals surface area contributed by atoms with E-state index in [1.165, 1.54) is 0 Å². The molecule has 2 rings (SSSR count). The highest BCUT2D eigenvalue weighted by Gasteiger charge is 2.14. The lowest BCUT2D eigenvalue weighted by Gasteiger charge is -2.26. The Morgan fingerprint density at radius 1 is 1.10 bits per heavy atom. The van der Waals surface area contributed by atoms with Crippen LogP contribution in [0.15, 0.2) is 24.3 Å². The number of benzene rings is 1. The van der Waals surface area contributed by atoms with Gasteiger partial charge in [-0.2, -0.15) is 0 Å². The van der Waals surface area contributed by atoms with E-state index in [0.29, 0.717) is 5.02 Å². The number of rotatable bonds is 6. The molecule has 0 amide bonds. The van der Waals surface area contributed by atoms with Gasteiger partial charge < -0.3 is 4.90 Å². The van der Waals surface area contributed by atoms with Gasteiger partial charge in [0.15, 0.2) is 9.84 Å². The molecule has 20 heavy (non-hydrogen) atoms. The number of nitrogens with zero attached hydrogens (tertiary/aromatic N) is 1. The largest absolute Gasteiger partial charge is 0.303 e. The Bertz CT molecular complexity index is 507. The van der Waals surface area contributed by atoms with Crippen LogP contribution in [0.3, 0.4) is 0 Å². The molecule has 1 fully saturated rings. The third kappa shape index (κ3) is 5.43. The predicted octanol–water partition coefficient (Wildman–Crippen LogP) is 2.94. The maximum atomic E-state index is 12.1. The first-order valence-electron chi connectivity index (χ1n) is 7.04. The molecule has 1 aliphatic heterocycles. The summed E-state index contributed by atoms with van der Waals surface area (Å²) < 4.78 is 24.1. The average Bonchev–Trinajstić information content (AvgIpc) is 2.42. The van der Waals surface area contributed by atoms with Gasteiger partial charge in [-0.15, -0.1) is 0 Å². The second kappa shape index (κ2) is 7.43. The molecule has 0 atom stereocenters. The van der Waals surface area contributed by atoms with Crippen molar-refractivity contribution in [1.82, 2.24) is 4.90 Å². The third-order valence-electron chi connectivity index (χ3n) is 3.53. The first-order valence-corrected chi connectivity index (χ1v) is 9.24. The van der Waals surface area contributed by atoms with E-state index in [0.717, 1.165) is 44.5 Å². The highest BCUT2D eigenvalue weighted by molar-refractivity contribution is 7.90. The number of sulfone groups is 1. The van der Waals surface area contributed by atoms with E-state index in [1.54, 1.807) is 24.3 Å². The molecule has 1 aromatic rings. The van der Waals surface area contributed by atoms with E-state index in [2.05, 4.69) is 11.3 Å². The molecule has 3 nitrogen and oxygen atoms in total. The molecular weight excluding hydrogens is 294 g/mol. The van der Waals surface area contributed by atoms with Crippen molar-refractivity contribution >= 4 is 21.4 Å². The number of likely N-dealkylation sites (tertiary alicyclic amines) is 1. The van der Waals surface area contributed by atoms with Crippen molar-refractivity contribution in [3.05, 3.63) is 41.3 Å². The first kappa shape index (κ1) is 15.8. The van der Waals surface area contributed by atoms with Crippen LogP contribution < -0.4 is 0 Å². The Morgan fingerprint density at radius 3 is 2.40 bits per heavy atom. The van der Waals surface area contributed by atoms with Gasteiger partial charge in [-0.05, 0) is 63.0 Å². The lowest BCUT2D eigenvalue weighted by Crippen LogP contribution is -2.31. The van der Waals surface area contributed by atoms with Crippen LogP contribution in [0.25, 0.3) is 0 Å². The zero-order valence-electron chi connectivity index (χ0n) is 11.6. The monoisotopic (exact) mass is 314 g/mol. The molecule has 0 aromatic heterocycles. The van der Waals surface area contributed by atoms with Crippen LogP contribution >= 0.6 is 11.6 Å². The fraction of sp³-hybridized carbons (Fsp3) is 0.533. The van der Waals surface area contributed by atoms with E-state index in [1.807, 2.05) is 0 Å². The van der Waals surface area contributed by atoms with Crippen molar-refractivity contribution in [2.45, 2.75) is 25.0 Å². The van der Waals surface area contributed by atoms with Gasteiger partial charge in [-0.25, -0.2) is 8.42 Å². The standard InChI is InChI=1S/C15H21ClNO2S/c16-15-7-5-14(6-8-15)13-20(18,19)12-4-11-17-9-2-1-3-10-17/h1,5-8H,2-4,9-13H2. The highest BCUT2D eigenvalue weighted by atomic mass is 35.5. The highest BCUT2D eigenvalue weighted by Crippen LogP contribution is 2.13. The summed E-state index contributed by atoms with van der Waals surface area (Å²) in [6.45, 7) is 3.02. The Morgan fingerprint density at radius 2 is 1.75 bits per heavy atom. The van der Waals surface area contributed by atoms with Crippen molar-refractivity contribution in [1.29, 1.82) is 0 Å². The normalized spacial score (nSPS) is 17.2. The van der Waals surface area contributed by atoms with Gasteiger partial charge in [-0.3, -0.25) is 0 Å². The topological polar surface area (TPSA) is 37.4 Å². The van der Waals surface area contributed by atoms with Crippen LogP contribution in [0, 0.1) is 6.42 Å². The van der Waals surface area contributed by atoms with E-state index >= 15 is 0 Å². The number of piperidine rings is 1. The van der Waals surface area contributed by atoms with Gasteiger partial charge in [0, 0.05) is 5.02 Å². The van der Waals surface area contributed by atoms with Gasteiger partial charge in [0.1, 0.15) is 0 Å². The maximum absolute atomic E-state index is 12.1. The van der Waals surface area contributed by atoms with Gasteiger partial charge in [0.05, 0.1) is 11.5 Å². The van der Waals surface area contributed by atoms with Crippen molar-refractivity contribution in [2.75, 3.05) is 25.4 Å². The quantitative estimate of drug-likeness (QED) is 0.810. The third-order valence-corrected chi connectivity index (χ3v) is 5.46. The number of hydrogen-bond acceptors (Lipinski definition) is 3. The Balaban J connectivity index is 1.77. The van der Waals surface area contributed by atoms with E-state index in [4.69, 9.17) is 11.6 Å². The molecule has 0 aliphatic carbocycles. The van der Waals surface area contributed by atoms with Crippen molar-refractivity contribution in [3.63, 3.8) is 0 Å². The molecule has 0 unspecified atom stereocenters. The summed E-state index contributed by atoms with van der Waals surface area (Å²) in [7, 11) is -3.03. The van der Waals surface area contributed by atoms with Crippen LogP contribution in [-0.4, -0.2) is 38.7 Å². The second-order valence-electron chi connectivity index (χ2n) is 5.28. The predicted molar refractivity (Wildman–Crippen MR) is 83.5 cm³/mol. The first-order chi connectivity index (χ1) is 9.55. The minimum Gasteiger partial charge on any atom is -0.303 e. The molecule has 0 saturated carbocycles. The van der Waals surface area contributed by atoms with Crippen molar-refractivity contribution < 1.29 is 8.42 Å². The van der Waals surface area contributed by atoms with Crippen LogP contribution in [-0.2, 0) is 15.6 Å². The Labute approximate surface area is 126 Å². The average molecular weight is 315 g/mol. The zero-order valence-corrected chi connectivity index (χ0v) is 13.2. The molecule has 1 heterocycles. The van der Waals surface area contributed by atoms with Gasteiger partial charge in [0.25, 0.3) is 0 Å². The molecule has 1 aromatic carbocycles. The molecule has 0 N–H and O–H groups in total. The van der Waals surface area contributed by atoms with E-state index < -0.39 is 9.84 Å². The maximum Gasteiger partial charge on any atom is 0.154 e. The van der Waals surface area contributed by atoms with Crippen LogP contribution in [0.1, 0.15) is 24.8 Å². The van der Waals surface area contributed by atoms with Crippen LogP contribution in [0.2, 0.25) is 5.02 Å². The molecule has 111 valence electrons. The van der Waals surface area contributed by atoms with Crippen molar-refractivity contribution in [3.8, 4) is 0 Å². The summed E-state index contributed by atoms with van der Waals surface area (Å²) in [4.78, 5) is 2.35. The number of halogens is 1. The van der Waals surface area contributed by atoms with Crippen molar-refractivity contribution in [2.24, 2.45) is 0 Å². The molecule has 1 aliphatic rings. The summed E-state index contributed by atoms with van der Waals surface area (Å²) in [5, 5.41) is 0.632. The van der Waals surface area contributed by atoms with E-state index in [9.17, 15) is 8.42 Å². The molecule has 0 bridgehead atoms.